The minimum atomic E-state index is -5.58. The van der Waals surface area contributed by atoms with Crippen LogP contribution in [0.2, 0.25) is 0 Å². The second-order valence-electron chi connectivity index (χ2n) is 3.44. The number of hydrogen-bond acceptors (Lipinski definition) is 4. The van der Waals surface area contributed by atoms with Gasteiger partial charge in [-0.05, 0) is 12.8 Å². The Balaban J connectivity index is 4.43. The van der Waals surface area contributed by atoms with E-state index in [2.05, 4.69) is 4.18 Å². The number of ether oxygens (including phenoxy) is 1. The molecule has 17 heavy (non-hydrogen) atoms. The third-order valence-corrected chi connectivity index (χ3v) is 2.88. The quantitative estimate of drug-likeness (QED) is 0.296. The molecule has 0 aliphatic rings. The molecule has 0 aliphatic carbocycles. The molecule has 0 saturated carbocycles. The molecule has 0 aliphatic heterocycles. The minimum absolute atomic E-state index is 0.0963. The van der Waals surface area contributed by atoms with Crippen molar-refractivity contribution in [2.24, 2.45) is 0 Å². The van der Waals surface area contributed by atoms with Crippen molar-refractivity contribution in [3.05, 3.63) is 0 Å². The molecule has 0 fully saturated rings. The Morgan fingerprint density at radius 1 is 1.18 bits per heavy atom. The summed E-state index contributed by atoms with van der Waals surface area (Å²) in [7, 11) is -5.58. The van der Waals surface area contributed by atoms with Gasteiger partial charge in [-0.15, -0.1) is 0 Å². The molecule has 0 aromatic carbocycles. The highest BCUT2D eigenvalue weighted by atomic mass is 32.2. The van der Waals surface area contributed by atoms with E-state index in [9.17, 15) is 21.6 Å². The number of halogens is 3. The van der Waals surface area contributed by atoms with E-state index < -0.39 is 21.9 Å². The molecule has 0 rings (SSSR count). The topological polar surface area (TPSA) is 52.6 Å². The van der Waals surface area contributed by atoms with Gasteiger partial charge in [-0.3, -0.25) is 0 Å². The molecule has 0 aromatic heterocycles. The Morgan fingerprint density at radius 2 is 1.76 bits per heavy atom. The van der Waals surface area contributed by atoms with Gasteiger partial charge in [0.2, 0.25) is 0 Å². The van der Waals surface area contributed by atoms with Crippen molar-refractivity contribution < 1.29 is 30.5 Å². The van der Waals surface area contributed by atoms with E-state index >= 15 is 0 Å². The van der Waals surface area contributed by atoms with Crippen LogP contribution in [0.5, 0.6) is 0 Å². The summed E-state index contributed by atoms with van der Waals surface area (Å²) in [5.41, 5.74) is -5.41. The lowest BCUT2D eigenvalue weighted by atomic mass is 10.3. The fourth-order valence-electron chi connectivity index (χ4n) is 0.950. The average molecular weight is 278 g/mol. The predicted molar refractivity (Wildman–Crippen MR) is 55.6 cm³/mol. The molecule has 4 nitrogen and oxygen atoms in total. The Morgan fingerprint density at radius 3 is 2.18 bits per heavy atom. The zero-order valence-electron chi connectivity index (χ0n) is 9.79. The van der Waals surface area contributed by atoms with Gasteiger partial charge in [0, 0.05) is 6.61 Å². The molecule has 0 aromatic rings. The minimum Gasteiger partial charge on any atom is -0.351 e. The van der Waals surface area contributed by atoms with Crippen molar-refractivity contribution in [1.82, 2.24) is 0 Å². The average Bonchev–Trinajstić information content (AvgIpc) is 2.16. The predicted octanol–water partition coefficient (Wildman–Crippen LogP) is 2.80. The van der Waals surface area contributed by atoms with Crippen LogP contribution in [0.25, 0.3) is 0 Å². The van der Waals surface area contributed by atoms with E-state index in [0.717, 1.165) is 6.42 Å². The monoisotopic (exact) mass is 278 g/mol. The zero-order valence-corrected chi connectivity index (χ0v) is 10.6. The third kappa shape index (κ3) is 6.23. The molecule has 0 radical (unpaired) electrons. The lowest BCUT2D eigenvalue weighted by molar-refractivity contribution is -0.107. The van der Waals surface area contributed by atoms with E-state index in [4.69, 9.17) is 4.74 Å². The van der Waals surface area contributed by atoms with Gasteiger partial charge in [-0.1, -0.05) is 26.7 Å². The van der Waals surface area contributed by atoms with E-state index in [1.54, 1.807) is 6.92 Å². The zero-order chi connectivity index (χ0) is 13.5. The fraction of sp³-hybridized carbons (Fsp3) is 1.00. The Hall–Kier alpha value is -0.340. The number of alkyl halides is 3. The second kappa shape index (κ2) is 7.17. The first-order valence-corrected chi connectivity index (χ1v) is 6.76. The summed E-state index contributed by atoms with van der Waals surface area (Å²) in [6.45, 7) is 3.75. The van der Waals surface area contributed by atoms with Crippen LogP contribution in [0.1, 0.15) is 39.5 Å². The van der Waals surface area contributed by atoms with Gasteiger partial charge in [-0.2, -0.15) is 21.6 Å². The summed E-state index contributed by atoms with van der Waals surface area (Å²) in [4.78, 5) is 0. The fourth-order valence-corrected chi connectivity index (χ4v) is 1.49. The molecule has 0 amide bonds. The van der Waals surface area contributed by atoms with Crippen LogP contribution in [0.4, 0.5) is 13.2 Å². The first-order valence-electron chi connectivity index (χ1n) is 5.35. The van der Waals surface area contributed by atoms with Crippen molar-refractivity contribution in [2.45, 2.75) is 51.3 Å². The first-order chi connectivity index (χ1) is 7.74. The molecule has 0 bridgehead atoms. The molecule has 1 atom stereocenters. The molecule has 104 valence electrons. The van der Waals surface area contributed by atoms with Gasteiger partial charge >= 0.3 is 15.6 Å². The summed E-state index contributed by atoms with van der Waals surface area (Å²) < 4.78 is 66.6. The van der Waals surface area contributed by atoms with Crippen LogP contribution >= 0.6 is 0 Å². The van der Waals surface area contributed by atoms with Crippen LogP contribution in [0.15, 0.2) is 0 Å². The largest absolute Gasteiger partial charge is 0.523 e. The molecule has 1 unspecified atom stereocenters. The Bertz CT molecular complexity index is 300. The van der Waals surface area contributed by atoms with E-state index in [1.165, 1.54) is 0 Å². The smallest absolute Gasteiger partial charge is 0.351 e. The Labute approximate surface area is 99.2 Å². The maximum Gasteiger partial charge on any atom is 0.523 e. The lowest BCUT2D eigenvalue weighted by Gasteiger charge is -2.18. The van der Waals surface area contributed by atoms with Crippen molar-refractivity contribution in [3.63, 3.8) is 0 Å². The van der Waals surface area contributed by atoms with Gasteiger partial charge in [0.15, 0.2) is 6.29 Å². The van der Waals surface area contributed by atoms with Crippen molar-refractivity contribution in [2.75, 3.05) is 6.61 Å². The first kappa shape index (κ1) is 16.7. The highest BCUT2D eigenvalue weighted by Crippen LogP contribution is 2.26. The third-order valence-electron chi connectivity index (χ3n) is 1.84. The van der Waals surface area contributed by atoms with Crippen LogP contribution < -0.4 is 0 Å². The summed E-state index contributed by atoms with van der Waals surface area (Å²) in [6, 6.07) is 0. The van der Waals surface area contributed by atoms with E-state index in [1.807, 2.05) is 6.92 Å². The normalized spacial score (nSPS) is 14.9. The standard InChI is InChI=1S/C9H17F3O4S/c1-3-5-7-15-8(6-4-2)16-17(13,14)9(10,11)12/h8H,3-7H2,1-2H3. The maximum atomic E-state index is 12.1. The molecule has 0 saturated heterocycles. The van der Waals surface area contributed by atoms with Crippen molar-refractivity contribution in [3.8, 4) is 0 Å². The van der Waals surface area contributed by atoms with Crippen LogP contribution in [-0.2, 0) is 19.0 Å². The Kier molecular flexibility index (Phi) is 7.03. The summed E-state index contributed by atoms with van der Waals surface area (Å²) in [6.07, 6.45) is 0.627. The van der Waals surface area contributed by atoms with Gasteiger partial charge < -0.3 is 4.74 Å². The molecule has 0 N–H and O–H groups in total. The van der Waals surface area contributed by atoms with Crippen molar-refractivity contribution >= 4 is 10.1 Å². The van der Waals surface area contributed by atoms with Crippen LogP contribution in [0, 0.1) is 0 Å². The van der Waals surface area contributed by atoms with Crippen LogP contribution in [-0.4, -0.2) is 26.8 Å². The molecular weight excluding hydrogens is 261 g/mol. The van der Waals surface area contributed by atoms with E-state index in [-0.39, 0.29) is 13.0 Å². The highest BCUT2D eigenvalue weighted by molar-refractivity contribution is 7.87. The molecule has 0 heterocycles. The maximum absolute atomic E-state index is 12.1. The summed E-state index contributed by atoms with van der Waals surface area (Å²) in [5.74, 6) is 0. The number of unbranched alkanes of at least 4 members (excludes halogenated alkanes) is 1. The van der Waals surface area contributed by atoms with Crippen LogP contribution in [0.3, 0.4) is 0 Å². The van der Waals surface area contributed by atoms with Gasteiger partial charge in [0.05, 0.1) is 0 Å². The summed E-state index contributed by atoms with van der Waals surface area (Å²) >= 11 is 0. The van der Waals surface area contributed by atoms with Gasteiger partial charge in [0.1, 0.15) is 0 Å². The number of hydrogen-bond donors (Lipinski definition) is 0. The van der Waals surface area contributed by atoms with E-state index in [0.29, 0.717) is 12.8 Å². The summed E-state index contributed by atoms with van der Waals surface area (Å²) in [5, 5.41) is 0. The lowest BCUT2D eigenvalue weighted by Crippen LogP contribution is -2.31. The molecular formula is C9H17F3O4S. The van der Waals surface area contributed by atoms with Gasteiger partial charge in [-0.25, -0.2) is 4.18 Å². The molecule has 0 spiro atoms. The second-order valence-corrected chi connectivity index (χ2v) is 5.00. The molecule has 8 heteroatoms. The van der Waals surface area contributed by atoms with Gasteiger partial charge in [0.25, 0.3) is 0 Å². The number of rotatable bonds is 8. The SMILES string of the molecule is CCCCOC(CCC)OS(=O)(=O)C(F)(F)F. The van der Waals surface area contributed by atoms with Crippen molar-refractivity contribution in [1.29, 1.82) is 0 Å². The highest BCUT2D eigenvalue weighted by Gasteiger charge is 2.48.